The predicted octanol–water partition coefficient (Wildman–Crippen LogP) is 5.38. The van der Waals surface area contributed by atoms with E-state index in [9.17, 15) is 9.90 Å². The Morgan fingerprint density at radius 1 is 1.19 bits per heavy atom. The second-order valence-electron chi connectivity index (χ2n) is 5.97. The van der Waals surface area contributed by atoms with Crippen LogP contribution in [0.3, 0.4) is 0 Å². The van der Waals surface area contributed by atoms with Crippen LogP contribution < -0.4 is 4.74 Å². The lowest BCUT2D eigenvalue weighted by Crippen LogP contribution is -2.08. The average Bonchev–Trinajstić information content (AvgIpc) is 2.90. The number of ether oxygens (including phenoxy) is 1. The molecule has 0 atom stereocenters. The molecule has 2 aromatic carbocycles. The van der Waals surface area contributed by atoms with Crippen molar-refractivity contribution in [2.75, 3.05) is 6.61 Å². The Morgan fingerprint density at radius 3 is 2.62 bits per heavy atom. The summed E-state index contributed by atoms with van der Waals surface area (Å²) in [5.41, 5.74) is 1.12. The highest BCUT2D eigenvalue weighted by Gasteiger charge is 2.18. The highest BCUT2D eigenvalue weighted by atomic mass is 79.9. The largest absolute Gasteiger partial charge is 0.493 e. The lowest BCUT2D eigenvalue weighted by molar-refractivity contribution is -0.120. The zero-order valence-electron chi connectivity index (χ0n) is 14.4. The monoisotopic (exact) mass is 415 g/mol. The molecule has 0 radical (unpaired) electrons. The van der Waals surface area contributed by atoms with Crippen LogP contribution in [0.5, 0.6) is 11.6 Å². The third-order valence-corrected chi connectivity index (χ3v) is 4.48. The Kier molecular flexibility index (Phi) is 5.37. The summed E-state index contributed by atoms with van der Waals surface area (Å²) in [6.45, 7) is 3.68. The third kappa shape index (κ3) is 3.62. The molecule has 0 saturated heterocycles. The molecule has 0 saturated carbocycles. The van der Waals surface area contributed by atoms with Gasteiger partial charge in [-0.2, -0.15) is 0 Å². The predicted molar refractivity (Wildman–Crippen MR) is 103 cm³/mol. The van der Waals surface area contributed by atoms with Crippen molar-refractivity contribution in [2.24, 2.45) is 10.2 Å². The van der Waals surface area contributed by atoms with E-state index in [0.29, 0.717) is 5.75 Å². The van der Waals surface area contributed by atoms with Crippen molar-refractivity contribution in [3.05, 3.63) is 53.0 Å². The second-order valence-corrected chi connectivity index (χ2v) is 6.82. The number of azo groups is 1. The highest BCUT2D eigenvalue weighted by molar-refractivity contribution is 9.10. The number of carbonyl (C=O) groups excluding carboxylic acids is 1. The van der Waals surface area contributed by atoms with Gasteiger partial charge in [-0.15, -0.1) is 10.2 Å². The Hall–Kier alpha value is -2.67. The van der Waals surface area contributed by atoms with Gasteiger partial charge in [0.2, 0.25) is 5.88 Å². The van der Waals surface area contributed by atoms with Gasteiger partial charge < -0.3 is 14.4 Å². The highest BCUT2D eigenvalue weighted by Crippen LogP contribution is 2.40. The normalized spacial score (nSPS) is 11.5. The van der Waals surface area contributed by atoms with Gasteiger partial charge >= 0.3 is 5.91 Å². The molecule has 26 heavy (non-hydrogen) atoms. The zero-order chi connectivity index (χ0) is 18.7. The van der Waals surface area contributed by atoms with E-state index in [2.05, 4.69) is 26.2 Å². The molecule has 134 valence electrons. The Labute approximate surface area is 159 Å². The van der Waals surface area contributed by atoms with Crippen molar-refractivity contribution in [2.45, 2.75) is 19.9 Å². The number of para-hydroxylation sites is 2. The summed E-state index contributed by atoms with van der Waals surface area (Å²) in [6, 6.07) is 14.7. The molecular formula is C19H18BrN3O3. The summed E-state index contributed by atoms with van der Waals surface area (Å²) in [7, 11) is 0. The zero-order valence-corrected chi connectivity index (χ0v) is 16.0. The minimum Gasteiger partial charge on any atom is -0.493 e. The summed E-state index contributed by atoms with van der Waals surface area (Å²) in [6.07, 6.45) is 0. The van der Waals surface area contributed by atoms with Gasteiger partial charge in [-0.1, -0.05) is 30.3 Å². The number of fused-ring (bicyclic) bond motifs is 1. The first-order chi connectivity index (χ1) is 12.5. The van der Waals surface area contributed by atoms with Crippen molar-refractivity contribution < 1.29 is 14.6 Å². The van der Waals surface area contributed by atoms with E-state index in [0.717, 1.165) is 15.4 Å². The lowest BCUT2D eigenvalue weighted by atomic mass is 10.2. The van der Waals surface area contributed by atoms with Crippen molar-refractivity contribution in [3.8, 4) is 11.6 Å². The molecular weight excluding hydrogens is 398 g/mol. The maximum atomic E-state index is 12.0. The van der Waals surface area contributed by atoms with Crippen LogP contribution in [0.1, 0.15) is 19.9 Å². The topological polar surface area (TPSA) is 76.2 Å². The number of hydrogen-bond donors (Lipinski definition) is 1. The maximum Gasteiger partial charge on any atom is 0.302 e. The molecule has 1 amide bonds. The number of nitrogens with zero attached hydrogens (tertiary/aromatic N) is 3. The SMILES string of the molecule is CC(C)n1c(O)c(N=NC(=O)COc2ccccc2Br)c2ccccc21. The molecule has 1 N–H and O–H groups in total. The van der Waals surface area contributed by atoms with Crippen LogP contribution in [0.25, 0.3) is 10.9 Å². The fourth-order valence-corrected chi connectivity index (χ4v) is 3.09. The quantitative estimate of drug-likeness (QED) is 0.568. The minimum atomic E-state index is -0.540. The van der Waals surface area contributed by atoms with Crippen molar-refractivity contribution in [1.82, 2.24) is 4.57 Å². The van der Waals surface area contributed by atoms with Crippen LogP contribution in [0.2, 0.25) is 0 Å². The van der Waals surface area contributed by atoms with Crippen LogP contribution in [-0.4, -0.2) is 22.2 Å². The van der Waals surface area contributed by atoms with E-state index in [1.54, 1.807) is 10.6 Å². The van der Waals surface area contributed by atoms with Gasteiger partial charge in [0.05, 0.1) is 9.99 Å². The molecule has 0 fully saturated rings. The molecule has 6 nitrogen and oxygen atoms in total. The smallest absolute Gasteiger partial charge is 0.302 e. The molecule has 0 aliphatic rings. The number of halogens is 1. The Morgan fingerprint density at radius 2 is 1.88 bits per heavy atom. The molecule has 3 aromatic rings. The molecule has 0 aliphatic carbocycles. The molecule has 1 heterocycles. The summed E-state index contributed by atoms with van der Waals surface area (Å²) in [4.78, 5) is 12.0. The van der Waals surface area contributed by atoms with E-state index in [4.69, 9.17) is 4.74 Å². The fourth-order valence-electron chi connectivity index (χ4n) is 2.69. The average molecular weight is 416 g/mol. The van der Waals surface area contributed by atoms with Crippen LogP contribution in [0, 0.1) is 0 Å². The van der Waals surface area contributed by atoms with Crippen LogP contribution in [0.4, 0.5) is 5.69 Å². The fraction of sp³-hybridized carbons (Fsp3) is 0.211. The van der Waals surface area contributed by atoms with Gasteiger partial charge in [-0.3, -0.25) is 4.79 Å². The standard InChI is InChI=1S/C19H18BrN3O3/c1-12(2)23-15-9-5-3-7-13(15)18(19(23)25)22-21-17(24)11-26-16-10-6-4-8-14(16)20/h3-10,12,25H,11H2,1-2H3. The van der Waals surface area contributed by atoms with E-state index in [-0.39, 0.29) is 24.2 Å². The molecule has 0 bridgehead atoms. The van der Waals surface area contributed by atoms with Gasteiger partial charge in [0, 0.05) is 11.4 Å². The van der Waals surface area contributed by atoms with Gasteiger partial charge in [0.1, 0.15) is 5.75 Å². The van der Waals surface area contributed by atoms with E-state index in [1.807, 2.05) is 56.3 Å². The summed E-state index contributed by atoms with van der Waals surface area (Å²) < 4.78 is 7.94. The van der Waals surface area contributed by atoms with Crippen LogP contribution >= 0.6 is 15.9 Å². The molecule has 0 aliphatic heterocycles. The summed E-state index contributed by atoms with van der Waals surface area (Å²) in [5, 5.41) is 18.9. The van der Waals surface area contributed by atoms with E-state index >= 15 is 0 Å². The number of aromatic hydroxyl groups is 1. The minimum absolute atomic E-state index is 0.00975. The Bertz CT molecular complexity index is 979. The number of carbonyl (C=O) groups is 1. The van der Waals surface area contributed by atoms with Crippen LogP contribution in [-0.2, 0) is 4.79 Å². The summed E-state index contributed by atoms with van der Waals surface area (Å²) >= 11 is 3.35. The van der Waals surface area contributed by atoms with Crippen molar-refractivity contribution in [1.29, 1.82) is 0 Å². The van der Waals surface area contributed by atoms with E-state index < -0.39 is 5.91 Å². The molecule has 3 rings (SSSR count). The molecule has 7 heteroatoms. The first-order valence-electron chi connectivity index (χ1n) is 8.13. The van der Waals surface area contributed by atoms with Crippen molar-refractivity contribution in [3.63, 3.8) is 0 Å². The van der Waals surface area contributed by atoms with Gasteiger partial charge in [0.25, 0.3) is 0 Å². The number of rotatable bonds is 5. The first kappa shape index (κ1) is 18.1. The number of aromatic nitrogens is 1. The van der Waals surface area contributed by atoms with Crippen molar-refractivity contribution >= 4 is 38.4 Å². The van der Waals surface area contributed by atoms with Crippen LogP contribution in [0.15, 0.2) is 63.2 Å². The Balaban J connectivity index is 1.81. The number of hydrogen-bond acceptors (Lipinski definition) is 4. The number of benzene rings is 2. The molecule has 1 aromatic heterocycles. The molecule has 0 spiro atoms. The third-order valence-electron chi connectivity index (χ3n) is 3.82. The van der Waals surface area contributed by atoms with E-state index in [1.165, 1.54) is 0 Å². The van der Waals surface area contributed by atoms with Gasteiger partial charge in [0.15, 0.2) is 12.3 Å². The van der Waals surface area contributed by atoms with Gasteiger partial charge in [-0.25, -0.2) is 0 Å². The molecule has 0 unspecified atom stereocenters. The number of amides is 1. The second kappa shape index (κ2) is 7.70. The lowest BCUT2D eigenvalue weighted by Gasteiger charge is -2.10. The van der Waals surface area contributed by atoms with Gasteiger partial charge in [-0.05, 0) is 48.0 Å². The first-order valence-corrected chi connectivity index (χ1v) is 8.92. The maximum absolute atomic E-state index is 12.0. The summed E-state index contributed by atoms with van der Waals surface area (Å²) in [5.74, 6) is 0.00121.